The molecule has 4 nitrogen and oxygen atoms in total. The highest BCUT2D eigenvalue weighted by Gasteiger charge is 2.15. The molecule has 0 bridgehead atoms. The van der Waals surface area contributed by atoms with Crippen molar-refractivity contribution in [1.82, 2.24) is 0 Å². The molecule has 0 atom stereocenters. The van der Waals surface area contributed by atoms with Gasteiger partial charge in [-0.05, 0) is 24.3 Å². The minimum atomic E-state index is -0.498. The number of nitrogens with one attached hydrogen (secondary N) is 1. The first-order valence-corrected chi connectivity index (χ1v) is 6.73. The smallest absolute Gasteiger partial charge is 0.293 e. The standard InChI is InChI=1S/C13H9Cl3N2O2/c14-8-4-5-12(13(6-8)18(19)20)17-7-9-10(15)2-1-3-11(9)16/h1-6,17H,7H2. The Bertz CT molecular complexity index is 642. The maximum absolute atomic E-state index is 11.0. The van der Waals surface area contributed by atoms with E-state index < -0.39 is 4.92 Å². The monoisotopic (exact) mass is 330 g/mol. The molecule has 0 amide bonds. The first-order valence-electron chi connectivity index (χ1n) is 5.59. The van der Waals surface area contributed by atoms with E-state index in [1.165, 1.54) is 6.07 Å². The molecule has 0 fully saturated rings. The maximum Gasteiger partial charge on any atom is 0.293 e. The second-order valence-corrected chi connectivity index (χ2v) is 5.22. The summed E-state index contributed by atoms with van der Waals surface area (Å²) in [5.41, 5.74) is 0.941. The van der Waals surface area contributed by atoms with Crippen molar-refractivity contribution in [2.24, 2.45) is 0 Å². The summed E-state index contributed by atoms with van der Waals surface area (Å²) in [7, 11) is 0. The van der Waals surface area contributed by atoms with Crippen molar-refractivity contribution in [3.05, 3.63) is 67.1 Å². The highest BCUT2D eigenvalue weighted by Crippen LogP contribution is 2.30. The molecule has 0 aromatic heterocycles. The van der Waals surface area contributed by atoms with E-state index in [1.54, 1.807) is 30.3 Å². The molecule has 0 saturated heterocycles. The van der Waals surface area contributed by atoms with Crippen LogP contribution in [-0.2, 0) is 6.54 Å². The van der Waals surface area contributed by atoms with Gasteiger partial charge in [0.15, 0.2) is 0 Å². The molecule has 0 spiro atoms. The minimum absolute atomic E-state index is 0.0966. The van der Waals surface area contributed by atoms with Crippen LogP contribution in [0.15, 0.2) is 36.4 Å². The summed E-state index contributed by atoms with van der Waals surface area (Å²) in [6.45, 7) is 0.279. The van der Waals surface area contributed by atoms with E-state index in [9.17, 15) is 10.1 Å². The zero-order chi connectivity index (χ0) is 14.7. The van der Waals surface area contributed by atoms with E-state index in [4.69, 9.17) is 34.8 Å². The molecule has 0 unspecified atom stereocenters. The molecule has 2 rings (SSSR count). The molecule has 0 saturated carbocycles. The number of nitrogens with zero attached hydrogens (tertiary/aromatic N) is 1. The predicted molar refractivity (Wildman–Crippen MR) is 81.9 cm³/mol. The van der Waals surface area contributed by atoms with Crippen LogP contribution in [-0.4, -0.2) is 4.92 Å². The first-order chi connectivity index (χ1) is 9.49. The van der Waals surface area contributed by atoms with Gasteiger partial charge >= 0.3 is 0 Å². The van der Waals surface area contributed by atoms with Gasteiger partial charge in [0.05, 0.1) is 4.92 Å². The summed E-state index contributed by atoms with van der Waals surface area (Å²) in [6, 6.07) is 9.56. The van der Waals surface area contributed by atoms with Crippen molar-refractivity contribution in [3.63, 3.8) is 0 Å². The van der Waals surface area contributed by atoms with Gasteiger partial charge in [-0.25, -0.2) is 0 Å². The van der Waals surface area contributed by atoms with Gasteiger partial charge in [0.25, 0.3) is 5.69 Å². The van der Waals surface area contributed by atoms with Crippen LogP contribution >= 0.6 is 34.8 Å². The average molecular weight is 332 g/mol. The van der Waals surface area contributed by atoms with Crippen molar-refractivity contribution in [3.8, 4) is 0 Å². The summed E-state index contributed by atoms with van der Waals surface area (Å²) >= 11 is 17.8. The Balaban J connectivity index is 2.25. The van der Waals surface area contributed by atoms with Crippen LogP contribution in [0.4, 0.5) is 11.4 Å². The molecular formula is C13H9Cl3N2O2. The number of rotatable bonds is 4. The van der Waals surface area contributed by atoms with Crippen LogP contribution < -0.4 is 5.32 Å². The van der Waals surface area contributed by atoms with E-state index in [1.807, 2.05) is 0 Å². The van der Waals surface area contributed by atoms with Crippen molar-refractivity contribution >= 4 is 46.2 Å². The van der Waals surface area contributed by atoms with Crippen LogP contribution in [0.5, 0.6) is 0 Å². The Morgan fingerprint density at radius 3 is 2.35 bits per heavy atom. The summed E-state index contributed by atoms with van der Waals surface area (Å²) < 4.78 is 0. The molecule has 104 valence electrons. The molecule has 7 heteroatoms. The third kappa shape index (κ3) is 3.33. The summed E-state index contributed by atoms with van der Waals surface area (Å²) in [5, 5.41) is 15.2. The molecule has 0 aliphatic heterocycles. The summed E-state index contributed by atoms with van der Waals surface area (Å²) in [6.07, 6.45) is 0. The zero-order valence-corrected chi connectivity index (χ0v) is 12.3. The maximum atomic E-state index is 11.0. The second-order valence-electron chi connectivity index (χ2n) is 3.97. The number of nitro groups is 1. The SMILES string of the molecule is O=[N+]([O-])c1cc(Cl)ccc1NCc1c(Cl)cccc1Cl. The molecule has 20 heavy (non-hydrogen) atoms. The van der Waals surface area contributed by atoms with Gasteiger partial charge in [-0.2, -0.15) is 0 Å². The minimum Gasteiger partial charge on any atom is -0.375 e. The Labute approximate surface area is 130 Å². The number of nitro benzene ring substituents is 1. The van der Waals surface area contributed by atoms with Crippen LogP contribution in [0.3, 0.4) is 0 Å². The first kappa shape index (κ1) is 14.9. The number of halogens is 3. The highest BCUT2D eigenvalue weighted by molar-refractivity contribution is 6.36. The van der Waals surface area contributed by atoms with Gasteiger partial charge in [0.2, 0.25) is 0 Å². The quantitative estimate of drug-likeness (QED) is 0.621. The Kier molecular flexibility index (Phi) is 4.70. The number of benzene rings is 2. The lowest BCUT2D eigenvalue weighted by Crippen LogP contribution is -2.03. The summed E-state index contributed by atoms with van der Waals surface area (Å²) in [4.78, 5) is 10.5. The van der Waals surface area contributed by atoms with E-state index >= 15 is 0 Å². The van der Waals surface area contributed by atoms with Gasteiger partial charge in [-0.1, -0.05) is 40.9 Å². The average Bonchev–Trinajstić information content (AvgIpc) is 2.39. The lowest BCUT2D eigenvalue weighted by molar-refractivity contribution is -0.383. The van der Waals surface area contributed by atoms with Crippen molar-refractivity contribution in [2.45, 2.75) is 6.54 Å². The van der Waals surface area contributed by atoms with Crippen LogP contribution in [0, 0.1) is 10.1 Å². The van der Waals surface area contributed by atoms with Gasteiger partial charge in [-0.15, -0.1) is 0 Å². The molecule has 0 aliphatic rings. The predicted octanol–water partition coefficient (Wildman–Crippen LogP) is 5.17. The molecule has 0 aliphatic carbocycles. The largest absolute Gasteiger partial charge is 0.375 e. The normalized spacial score (nSPS) is 10.3. The lowest BCUT2D eigenvalue weighted by Gasteiger charge is -2.10. The Morgan fingerprint density at radius 2 is 1.75 bits per heavy atom. The molecule has 1 N–H and O–H groups in total. The Morgan fingerprint density at radius 1 is 1.10 bits per heavy atom. The fourth-order valence-corrected chi connectivity index (χ4v) is 2.39. The van der Waals surface area contributed by atoms with Crippen molar-refractivity contribution in [1.29, 1.82) is 0 Å². The van der Waals surface area contributed by atoms with Crippen LogP contribution in [0.2, 0.25) is 15.1 Å². The zero-order valence-electron chi connectivity index (χ0n) is 10.1. The number of hydrogen-bond donors (Lipinski definition) is 1. The molecule has 2 aromatic carbocycles. The van der Waals surface area contributed by atoms with E-state index in [0.29, 0.717) is 26.3 Å². The molecule has 0 heterocycles. The molecule has 0 radical (unpaired) electrons. The third-order valence-electron chi connectivity index (χ3n) is 2.67. The van der Waals surface area contributed by atoms with Gasteiger partial charge in [0.1, 0.15) is 5.69 Å². The number of anilines is 1. The lowest BCUT2D eigenvalue weighted by atomic mass is 10.2. The van der Waals surface area contributed by atoms with E-state index in [0.717, 1.165) is 0 Å². The Hall–Kier alpha value is -1.49. The van der Waals surface area contributed by atoms with Crippen molar-refractivity contribution in [2.75, 3.05) is 5.32 Å². The van der Waals surface area contributed by atoms with Gasteiger partial charge < -0.3 is 5.32 Å². The summed E-state index contributed by atoms with van der Waals surface area (Å²) in [5.74, 6) is 0. The third-order valence-corrected chi connectivity index (χ3v) is 3.62. The van der Waals surface area contributed by atoms with Gasteiger partial charge in [0, 0.05) is 33.2 Å². The number of hydrogen-bond acceptors (Lipinski definition) is 3. The second kappa shape index (κ2) is 6.31. The van der Waals surface area contributed by atoms with E-state index in [2.05, 4.69) is 5.32 Å². The van der Waals surface area contributed by atoms with E-state index in [-0.39, 0.29) is 12.2 Å². The van der Waals surface area contributed by atoms with Crippen LogP contribution in [0.1, 0.15) is 5.56 Å². The van der Waals surface area contributed by atoms with Crippen molar-refractivity contribution < 1.29 is 4.92 Å². The fourth-order valence-electron chi connectivity index (χ4n) is 1.69. The van der Waals surface area contributed by atoms with Gasteiger partial charge in [-0.3, -0.25) is 10.1 Å². The fraction of sp³-hybridized carbons (Fsp3) is 0.0769. The highest BCUT2D eigenvalue weighted by atomic mass is 35.5. The molecular weight excluding hydrogens is 323 g/mol. The van der Waals surface area contributed by atoms with Crippen LogP contribution in [0.25, 0.3) is 0 Å². The topological polar surface area (TPSA) is 55.2 Å². The molecule has 2 aromatic rings.